The van der Waals surface area contributed by atoms with Crippen molar-refractivity contribution < 1.29 is 8.83 Å². The van der Waals surface area contributed by atoms with Crippen molar-refractivity contribution in [3.63, 3.8) is 0 Å². The fourth-order valence-corrected chi connectivity index (χ4v) is 1.57. The number of nitrogens with zero attached hydrogens (tertiary/aromatic N) is 1. The molecule has 0 amide bonds. The first-order valence-corrected chi connectivity index (χ1v) is 5.45. The van der Waals surface area contributed by atoms with Crippen molar-refractivity contribution in [3.05, 3.63) is 29.6 Å². The minimum atomic E-state index is 0.322. The molecular formula is C11H13ClN2O2. The average molecular weight is 241 g/mol. The molecular weight excluding hydrogens is 228 g/mol. The lowest BCUT2D eigenvalue weighted by molar-refractivity contribution is 0.554. The van der Waals surface area contributed by atoms with Gasteiger partial charge in [-0.15, -0.1) is 0 Å². The summed E-state index contributed by atoms with van der Waals surface area (Å²) in [6, 6.07) is 2.16. The molecule has 2 aromatic heterocycles. The van der Waals surface area contributed by atoms with Gasteiger partial charge in [0.2, 0.25) is 5.22 Å². The Balaban J connectivity index is 2.23. The van der Waals surface area contributed by atoms with Crippen molar-refractivity contribution in [2.24, 2.45) is 0 Å². The molecule has 0 radical (unpaired) electrons. The number of aromatic nitrogens is 1. The first kappa shape index (κ1) is 11.2. The Morgan fingerprint density at radius 3 is 2.88 bits per heavy atom. The van der Waals surface area contributed by atoms with Crippen LogP contribution in [0, 0.1) is 0 Å². The topological polar surface area (TPSA) is 51.2 Å². The zero-order valence-electron chi connectivity index (χ0n) is 9.16. The second kappa shape index (κ2) is 4.72. The average Bonchev–Trinajstić information content (AvgIpc) is 2.82. The highest BCUT2D eigenvalue weighted by Gasteiger charge is 2.15. The molecule has 0 atom stereocenters. The second-order valence-electron chi connectivity index (χ2n) is 3.77. The van der Waals surface area contributed by atoms with Crippen LogP contribution in [0.15, 0.2) is 27.6 Å². The van der Waals surface area contributed by atoms with Crippen LogP contribution in [0.3, 0.4) is 0 Å². The van der Waals surface area contributed by atoms with Gasteiger partial charge in [-0.1, -0.05) is 13.8 Å². The van der Waals surface area contributed by atoms with Crippen molar-refractivity contribution in [3.8, 4) is 11.3 Å². The van der Waals surface area contributed by atoms with Gasteiger partial charge in [-0.2, -0.15) is 0 Å². The highest BCUT2D eigenvalue weighted by molar-refractivity contribution is 6.31. The van der Waals surface area contributed by atoms with E-state index in [1.54, 1.807) is 6.07 Å². The predicted octanol–water partition coefficient (Wildman–Crippen LogP) is 3.09. The van der Waals surface area contributed by atoms with Crippen LogP contribution in [-0.4, -0.2) is 11.0 Å². The summed E-state index contributed by atoms with van der Waals surface area (Å²) in [5, 5.41) is 3.60. The summed E-state index contributed by atoms with van der Waals surface area (Å²) in [5.74, 6) is 0.659. The molecule has 0 aliphatic rings. The van der Waals surface area contributed by atoms with E-state index in [0.717, 1.165) is 11.3 Å². The standard InChI is InChI=1S/C11H13ClN2O2/c1-7(2)13-5-9-10(16-6-14-9)8-3-4-15-11(8)12/h3-4,6-7,13H,5H2,1-2H3. The van der Waals surface area contributed by atoms with Crippen LogP contribution < -0.4 is 5.32 Å². The molecule has 2 aromatic rings. The fourth-order valence-electron chi connectivity index (χ4n) is 1.37. The summed E-state index contributed by atoms with van der Waals surface area (Å²) in [6.45, 7) is 4.79. The quantitative estimate of drug-likeness (QED) is 0.892. The van der Waals surface area contributed by atoms with E-state index < -0.39 is 0 Å². The lowest BCUT2D eigenvalue weighted by Gasteiger charge is -2.06. The molecule has 5 heteroatoms. The Labute approximate surface area is 98.6 Å². The summed E-state index contributed by atoms with van der Waals surface area (Å²) in [5.41, 5.74) is 1.57. The molecule has 0 aliphatic heterocycles. The molecule has 0 fully saturated rings. The predicted molar refractivity (Wildman–Crippen MR) is 61.2 cm³/mol. The number of oxazole rings is 1. The number of halogens is 1. The van der Waals surface area contributed by atoms with Gasteiger partial charge < -0.3 is 14.2 Å². The largest absolute Gasteiger partial charge is 0.452 e. The van der Waals surface area contributed by atoms with E-state index in [0.29, 0.717) is 23.6 Å². The van der Waals surface area contributed by atoms with Gasteiger partial charge in [0.05, 0.1) is 11.8 Å². The van der Waals surface area contributed by atoms with E-state index in [2.05, 4.69) is 24.1 Å². The van der Waals surface area contributed by atoms with Crippen molar-refractivity contribution in [2.45, 2.75) is 26.4 Å². The number of nitrogens with one attached hydrogen (secondary N) is 1. The summed E-state index contributed by atoms with van der Waals surface area (Å²) in [6.07, 6.45) is 2.94. The molecule has 1 N–H and O–H groups in total. The Bertz CT molecular complexity index is 462. The lowest BCUT2D eigenvalue weighted by atomic mass is 10.2. The number of rotatable bonds is 4. The molecule has 0 bridgehead atoms. The molecule has 0 aromatic carbocycles. The summed E-state index contributed by atoms with van der Waals surface area (Å²) in [7, 11) is 0. The molecule has 2 rings (SSSR count). The SMILES string of the molecule is CC(C)NCc1ncoc1-c1ccoc1Cl. The Morgan fingerprint density at radius 2 is 2.25 bits per heavy atom. The van der Waals surface area contributed by atoms with Gasteiger partial charge in [0, 0.05) is 12.6 Å². The van der Waals surface area contributed by atoms with Crippen LogP contribution in [0.5, 0.6) is 0 Å². The minimum absolute atomic E-state index is 0.322. The first-order chi connectivity index (χ1) is 7.68. The van der Waals surface area contributed by atoms with Crippen molar-refractivity contribution in [2.75, 3.05) is 0 Å². The summed E-state index contributed by atoms with van der Waals surface area (Å²) >= 11 is 5.89. The highest BCUT2D eigenvalue weighted by atomic mass is 35.5. The van der Waals surface area contributed by atoms with Gasteiger partial charge in [0.1, 0.15) is 5.69 Å². The summed E-state index contributed by atoms with van der Waals surface area (Å²) in [4.78, 5) is 4.16. The van der Waals surface area contributed by atoms with Gasteiger partial charge >= 0.3 is 0 Å². The van der Waals surface area contributed by atoms with Crippen LogP contribution in [0.2, 0.25) is 5.22 Å². The molecule has 0 aliphatic carbocycles. The molecule has 0 spiro atoms. The van der Waals surface area contributed by atoms with Crippen LogP contribution >= 0.6 is 11.6 Å². The molecule has 86 valence electrons. The van der Waals surface area contributed by atoms with E-state index in [1.165, 1.54) is 12.7 Å². The molecule has 0 saturated heterocycles. The third-order valence-electron chi connectivity index (χ3n) is 2.18. The smallest absolute Gasteiger partial charge is 0.204 e. The number of hydrogen-bond donors (Lipinski definition) is 1. The first-order valence-electron chi connectivity index (χ1n) is 5.07. The third kappa shape index (κ3) is 2.28. The Hall–Kier alpha value is -1.26. The van der Waals surface area contributed by atoms with Crippen LogP contribution in [0.4, 0.5) is 0 Å². The van der Waals surface area contributed by atoms with Crippen LogP contribution in [0.25, 0.3) is 11.3 Å². The van der Waals surface area contributed by atoms with Crippen LogP contribution in [0.1, 0.15) is 19.5 Å². The minimum Gasteiger partial charge on any atom is -0.452 e. The highest BCUT2D eigenvalue weighted by Crippen LogP contribution is 2.30. The van der Waals surface area contributed by atoms with Gasteiger partial charge in [-0.3, -0.25) is 0 Å². The molecule has 0 saturated carbocycles. The molecule has 0 unspecified atom stereocenters. The third-order valence-corrected chi connectivity index (χ3v) is 2.47. The maximum Gasteiger partial charge on any atom is 0.204 e. The Kier molecular flexibility index (Phi) is 3.31. The fraction of sp³-hybridized carbons (Fsp3) is 0.364. The Morgan fingerprint density at radius 1 is 1.44 bits per heavy atom. The van der Waals surface area contributed by atoms with Crippen molar-refractivity contribution in [1.29, 1.82) is 0 Å². The number of furan rings is 1. The van der Waals surface area contributed by atoms with Crippen molar-refractivity contribution in [1.82, 2.24) is 10.3 Å². The van der Waals surface area contributed by atoms with E-state index in [-0.39, 0.29) is 0 Å². The normalized spacial score (nSPS) is 11.2. The van der Waals surface area contributed by atoms with E-state index in [4.69, 9.17) is 20.4 Å². The molecule has 4 nitrogen and oxygen atoms in total. The van der Waals surface area contributed by atoms with Gasteiger partial charge in [-0.05, 0) is 17.7 Å². The monoisotopic (exact) mass is 240 g/mol. The van der Waals surface area contributed by atoms with E-state index >= 15 is 0 Å². The zero-order valence-corrected chi connectivity index (χ0v) is 9.91. The van der Waals surface area contributed by atoms with Crippen molar-refractivity contribution >= 4 is 11.6 Å². The van der Waals surface area contributed by atoms with Crippen LogP contribution in [-0.2, 0) is 6.54 Å². The van der Waals surface area contributed by atoms with Gasteiger partial charge in [-0.25, -0.2) is 4.98 Å². The van der Waals surface area contributed by atoms with E-state index in [1.807, 2.05) is 0 Å². The lowest BCUT2D eigenvalue weighted by Crippen LogP contribution is -2.22. The molecule has 2 heterocycles. The van der Waals surface area contributed by atoms with E-state index in [9.17, 15) is 0 Å². The number of hydrogen-bond acceptors (Lipinski definition) is 4. The molecule has 16 heavy (non-hydrogen) atoms. The van der Waals surface area contributed by atoms with Gasteiger partial charge in [0.15, 0.2) is 12.2 Å². The second-order valence-corrected chi connectivity index (χ2v) is 4.12. The maximum atomic E-state index is 5.89. The zero-order chi connectivity index (χ0) is 11.5. The maximum absolute atomic E-state index is 5.89. The summed E-state index contributed by atoms with van der Waals surface area (Å²) < 4.78 is 10.4. The van der Waals surface area contributed by atoms with Gasteiger partial charge in [0.25, 0.3) is 0 Å².